The average molecular weight is 364 g/mol. The highest BCUT2D eigenvalue weighted by atomic mass is 19.1. The molecule has 3 aromatic rings. The van der Waals surface area contributed by atoms with Gasteiger partial charge in [0.1, 0.15) is 11.6 Å². The number of carbonyl (C=O) groups excluding carboxylic acids is 1. The second-order valence-corrected chi connectivity index (χ2v) is 6.25. The lowest BCUT2D eigenvalue weighted by Gasteiger charge is -2.19. The Hall–Kier alpha value is -3.28. The summed E-state index contributed by atoms with van der Waals surface area (Å²) in [6.07, 6.45) is 6.17. The molecule has 0 spiro atoms. The van der Waals surface area contributed by atoms with Crippen molar-refractivity contribution in [2.24, 2.45) is 0 Å². The Kier molecular flexibility index (Phi) is 6.10. The maximum Gasteiger partial charge on any atom is 0.230 e. The lowest BCUT2D eigenvalue weighted by Crippen LogP contribution is -2.21. The third kappa shape index (κ3) is 5.34. The van der Waals surface area contributed by atoms with Crippen LogP contribution in [0.25, 0.3) is 0 Å². The van der Waals surface area contributed by atoms with Gasteiger partial charge in [-0.25, -0.2) is 9.37 Å². The van der Waals surface area contributed by atoms with Crippen molar-refractivity contribution in [2.45, 2.75) is 12.8 Å². The monoisotopic (exact) mass is 364 g/mol. The average Bonchev–Trinajstić information content (AvgIpc) is 2.69. The standard InChI is InChI=1S/C21H21FN4O/c1-26(13-10-16-8-11-23-12-9-16)18-6-7-20(24-15-18)25-21(27)14-17-4-2-3-5-19(17)22/h2-9,11-12,15H,10,13-14H2,1H3,(H,24,25,27). The molecular weight excluding hydrogens is 343 g/mol. The minimum Gasteiger partial charge on any atom is -0.373 e. The van der Waals surface area contributed by atoms with Crippen LogP contribution in [0.2, 0.25) is 0 Å². The van der Waals surface area contributed by atoms with Crippen LogP contribution in [0.1, 0.15) is 11.1 Å². The Morgan fingerprint density at radius 1 is 1.11 bits per heavy atom. The van der Waals surface area contributed by atoms with Gasteiger partial charge >= 0.3 is 0 Å². The molecule has 0 bridgehead atoms. The van der Waals surface area contributed by atoms with Gasteiger partial charge in [0.05, 0.1) is 18.3 Å². The topological polar surface area (TPSA) is 58.1 Å². The Labute approximate surface area is 157 Å². The van der Waals surface area contributed by atoms with Gasteiger partial charge in [0, 0.05) is 26.0 Å². The number of benzene rings is 1. The number of rotatable bonds is 7. The number of carbonyl (C=O) groups is 1. The van der Waals surface area contributed by atoms with Crippen molar-refractivity contribution in [1.82, 2.24) is 9.97 Å². The summed E-state index contributed by atoms with van der Waals surface area (Å²) >= 11 is 0. The molecule has 1 N–H and O–H groups in total. The van der Waals surface area contributed by atoms with Gasteiger partial charge in [-0.3, -0.25) is 9.78 Å². The molecule has 0 aliphatic carbocycles. The number of hydrogen-bond donors (Lipinski definition) is 1. The molecule has 2 heterocycles. The zero-order valence-corrected chi connectivity index (χ0v) is 15.1. The van der Waals surface area contributed by atoms with Crippen molar-refractivity contribution in [3.8, 4) is 0 Å². The summed E-state index contributed by atoms with van der Waals surface area (Å²) in [6, 6.07) is 13.9. The Bertz CT molecular complexity index is 884. The van der Waals surface area contributed by atoms with E-state index in [-0.39, 0.29) is 18.1 Å². The molecule has 6 heteroatoms. The van der Waals surface area contributed by atoms with Crippen molar-refractivity contribution in [3.05, 3.63) is 84.1 Å². The fourth-order valence-corrected chi connectivity index (χ4v) is 2.66. The fourth-order valence-electron chi connectivity index (χ4n) is 2.66. The van der Waals surface area contributed by atoms with E-state index in [1.54, 1.807) is 42.9 Å². The maximum absolute atomic E-state index is 13.6. The number of likely N-dealkylation sites (N-methyl/N-ethyl adjacent to an activating group) is 1. The van der Waals surface area contributed by atoms with E-state index in [0.29, 0.717) is 11.4 Å². The Balaban J connectivity index is 1.53. The molecule has 0 atom stereocenters. The quantitative estimate of drug-likeness (QED) is 0.697. The highest BCUT2D eigenvalue weighted by Gasteiger charge is 2.09. The molecule has 0 aliphatic heterocycles. The maximum atomic E-state index is 13.6. The van der Waals surface area contributed by atoms with Gasteiger partial charge in [0.2, 0.25) is 5.91 Å². The van der Waals surface area contributed by atoms with Crippen LogP contribution in [-0.4, -0.2) is 29.5 Å². The van der Waals surface area contributed by atoms with Crippen LogP contribution in [0, 0.1) is 5.82 Å². The van der Waals surface area contributed by atoms with Gasteiger partial charge in [0.25, 0.3) is 0 Å². The number of amides is 1. The third-order valence-corrected chi connectivity index (χ3v) is 4.25. The molecule has 2 aromatic heterocycles. The van der Waals surface area contributed by atoms with Crippen molar-refractivity contribution in [2.75, 3.05) is 23.8 Å². The zero-order valence-electron chi connectivity index (χ0n) is 15.1. The number of pyridine rings is 2. The first-order chi connectivity index (χ1) is 13.1. The summed E-state index contributed by atoms with van der Waals surface area (Å²) in [4.78, 5) is 22.5. The molecule has 0 aliphatic rings. The van der Waals surface area contributed by atoms with Gasteiger partial charge in [-0.1, -0.05) is 18.2 Å². The molecular formula is C21H21FN4O. The molecule has 0 unspecified atom stereocenters. The fraction of sp³-hybridized carbons (Fsp3) is 0.190. The summed E-state index contributed by atoms with van der Waals surface area (Å²) in [5.74, 6) is -0.235. The molecule has 3 rings (SSSR count). The van der Waals surface area contributed by atoms with E-state index < -0.39 is 0 Å². The van der Waals surface area contributed by atoms with Gasteiger partial charge < -0.3 is 10.2 Å². The van der Waals surface area contributed by atoms with E-state index in [1.165, 1.54) is 11.6 Å². The lowest BCUT2D eigenvalue weighted by atomic mass is 10.1. The van der Waals surface area contributed by atoms with E-state index in [9.17, 15) is 9.18 Å². The number of nitrogens with zero attached hydrogens (tertiary/aromatic N) is 3. The van der Waals surface area contributed by atoms with E-state index in [1.807, 2.05) is 25.2 Å². The second-order valence-electron chi connectivity index (χ2n) is 6.25. The second kappa shape index (κ2) is 8.89. The molecule has 1 aromatic carbocycles. The van der Waals surface area contributed by atoms with Crippen LogP contribution in [0.3, 0.4) is 0 Å². The third-order valence-electron chi connectivity index (χ3n) is 4.25. The van der Waals surface area contributed by atoms with Crippen LogP contribution < -0.4 is 10.2 Å². The molecule has 0 saturated carbocycles. The summed E-state index contributed by atoms with van der Waals surface area (Å²) in [7, 11) is 1.99. The molecule has 0 radical (unpaired) electrons. The largest absolute Gasteiger partial charge is 0.373 e. The van der Waals surface area contributed by atoms with E-state index in [2.05, 4.69) is 20.2 Å². The van der Waals surface area contributed by atoms with Gasteiger partial charge in [-0.2, -0.15) is 0 Å². The van der Waals surface area contributed by atoms with Crippen LogP contribution >= 0.6 is 0 Å². The summed E-state index contributed by atoms with van der Waals surface area (Å²) in [5.41, 5.74) is 2.54. The zero-order chi connectivity index (χ0) is 19.1. The number of hydrogen-bond acceptors (Lipinski definition) is 4. The van der Waals surface area contributed by atoms with E-state index in [4.69, 9.17) is 0 Å². The predicted molar refractivity (Wildman–Crippen MR) is 104 cm³/mol. The first-order valence-corrected chi connectivity index (χ1v) is 8.71. The van der Waals surface area contributed by atoms with Crippen molar-refractivity contribution in [1.29, 1.82) is 0 Å². The highest BCUT2D eigenvalue weighted by Crippen LogP contribution is 2.15. The first-order valence-electron chi connectivity index (χ1n) is 8.71. The molecule has 0 fully saturated rings. The lowest BCUT2D eigenvalue weighted by molar-refractivity contribution is -0.115. The molecule has 0 saturated heterocycles. The SMILES string of the molecule is CN(CCc1ccncc1)c1ccc(NC(=O)Cc2ccccc2F)nc1. The van der Waals surface area contributed by atoms with Crippen LogP contribution in [0.4, 0.5) is 15.9 Å². The summed E-state index contributed by atoms with van der Waals surface area (Å²) in [6.45, 7) is 0.838. The highest BCUT2D eigenvalue weighted by molar-refractivity contribution is 5.91. The molecule has 27 heavy (non-hydrogen) atoms. The number of nitrogens with one attached hydrogen (secondary N) is 1. The molecule has 138 valence electrons. The van der Waals surface area contributed by atoms with Crippen LogP contribution in [-0.2, 0) is 17.6 Å². The summed E-state index contributed by atoms with van der Waals surface area (Å²) < 4.78 is 13.6. The van der Waals surface area contributed by atoms with Gasteiger partial charge in [-0.15, -0.1) is 0 Å². The van der Waals surface area contributed by atoms with Crippen LogP contribution in [0.15, 0.2) is 67.1 Å². The van der Waals surface area contributed by atoms with Crippen LogP contribution in [0.5, 0.6) is 0 Å². The number of halogens is 1. The first kappa shape index (κ1) is 18.5. The number of aromatic nitrogens is 2. The van der Waals surface area contributed by atoms with Gasteiger partial charge in [0.15, 0.2) is 0 Å². The van der Waals surface area contributed by atoms with Crippen molar-refractivity contribution in [3.63, 3.8) is 0 Å². The van der Waals surface area contributed by atoms with E-state index >= 15 is 0 Å². The minimum atomic E-state index is -0.383. The number of anilines is 2. The smallest absolute Gasteiger partial charge is 0.230 e. The Morgan fingerprint density at radius 3 is 2.59 bits per heavy atom. The van der Waals surface area contributed by atoms with Gasteiger partial charge in [-0.05, 0) is 47.9 Å². The molecule has 1 amide bonds. The summed E-state index contributed by atoms with van der Waals surface area (Å²) in [5, 5.41) is 2.70. The normalized spacial score (nSPS) is 10.4. The van der Waals surface area contributed by atoms with Crippen molar-refractivity contribution < 1.29 is 9.18 Å². The molecule has 5 nitrogen and oxygen atoms in total. The van der Waals surface area contributed by atoms with Crippen molar-refractivity contribution >= 4 is 17.4 Å². The van der Waals surface area contributed by atoms with E-state index in [0.717, 1.165) is 18.7 Å². The minimum absolute atomic E-state index is 0.0259. The Morgan fingerprint density at radius 2 is 1.89 bits per heavy atom. The predicted octanol–water partition coefficient (Wildman–Crippen LogP) is 3.48.